The third kappa shape index (κ3) is 6.34. The van der Waals surface area contributed by atoms with Crippen molar-refractivity contribution in [3.8, 4) is 11.4 Å². The fraction of sp³-hybridized carbons (Fsp3) is 0.0690. The molecular weight excluding hydrogens is 564 g/mol. The number of aromatic amines is 1. The van der Waals surface area contributed by atoms with Crippen molar-refractivity contribution in [2.75, 3.05) is 23.1 Å². The summed E-state index contributed by atoms with van der Waals surface area (Å²) in [6, 6.07) is 23.7. The number of amides is 2. The van der Waals surface area contributed by atoms with Gasteiger partial charge in [-0.3, -0.25) is 9.59 Å². The number of imidazole rings is 1. The first-order valence-corrected chi connectivity index (χ1v) is 16.0. The molecule has 1 aromatic heterocycles. The first-order chi connectivity index (χ1) is 19.4. The lowest BCUT2D eigenvalue weighted by molar-refractivity contribution is 0.101. The minimum absolute atomic E-state index is 0.136. The molecule has 41 heavy (non-hydrogen) atoms. The summed E-state index contributed by atoms with van der Waals surface area (Å²) in [4.78, 5) is 33.3. The summed E-state index contributed by atoms with van der Waals surface area (Å²) in [6.45, 7) is 0. The SMILES string of the molecule is CS(=O)(=O)c1ccc(C(=O)Nc2ccc(-c3nc4ccc(NC(=O)c5ccc(S(C)(=O)=O)cc5)cc4[nH]3)cc2)cc1. The molecule has 208 valence electrons. The number of anilines is 2. The molecule has 0 aliphatic carbocycles. The van der Waals surface area contributed by atoms with Gasteiger partial charge in [-0.15, -0.1) is 0 Å². The molecule has 10 nitrogen and oxygen atoms in total. The number of fused-ring (bicyclic) bond motifs is 1. The second-order valence-corrected chi connectivity index (χ2v) is 13.4. The van der Waals surface area contributed by atoms with Crippen molar-refractivity contribution in [1.82, 2.24) is 9.97 Å². The molecule has 0 fully saturated rings. The van der Waals surface area contributed by atoms with Crippen molar-refractivity contribution in [2.45, 2.75) is 9.79 Å². The number of hydrogen-bond acceptors (Lipinski definition) is 7. The first-order valence-electron chi connectivity index (χ1n) is 12.2. The predicted octanol–water partition coefficient (Wildman–Crippen LogP) is 4.54. The summed E-state index contributed by atoms with van der Waals surface area (Å²) < 4.78 is 46.5. The predicted molar refractivity (Wildman–Crippen MR) is 157 cm³/mol. The molecule has 5 rings (SSSR count). The Bertz CT molecular complexity index is 2000. The highest BCUT2D eigenvalue weighted by Gasteiger charge is 2.13. The number of carbonyl (C=O) groups excluding carboxylic acids is 2. The molecule has 0 spiro atoms. The van der Waals surface area contributed by atoms with Crippen LogP contribution in [0.1, 0.15) is 20.7 Å². The van der Waals surface area contributed by atoms with Crippen molar-refractivity contribution in [3.05, 3.63) is 102 Å². The van der Waals surface area contributed by atoms with Crippen molar-refractivity contribution in [3.63, 3.8) is 0 Å². The fourth-order valence-electron chi connectivity index (χ4n) is 4.05. The molecule has 4 aromatic carbocycles. The highest BCUT2D eigenvalue weighted by Crippen LogP contribution is 2.25. The minimum Gasteiger partial charge on any atom is -0.338 e. The number of rotatable bonds is 7. The van der Waals surface area contributed by atoms with Crippen LogP contribution in [0.4, 0.5) is 11.4 Å². The van der Waals surface area contributed by atoms with Crippen LogP contribution in [0.25, 0.3) is 22.4 Å². The van der Waals surface area contributed by atoms with E-state index in [2.05, 4.69) is 20.6 Å². The monoisotopic (exact) mass is 588 g/mol. The van der Waals surface area contributed by atoms with E-state index in [1.807, 2.05) is 0 Å². The molecule has 0 radical (unpaired) electrons. The number of nitrogens with zero attached hydrogens (tertiary/aromatic N) is 1. The maximum absolute atomic E-state index is 12.7. The molecule has 0 atom stereocenters. The quantitative estimate of drug-likeness (QED) is 0.252. The molecule has 12 heteroatoms. The zero-order chi connectivity index (χ0) is 29.4. The van der Waals surface area contributed by atoms with Gasteiger partial charge in [-0.25, -0.2) is 21.8 Å². The summed E-state index contributed by atoms with van der Waals surface area (Å²) in [5, 5.41) is 5.58. The van der Waals surface area contributed by atoms with Crippen LogP contribution >= 0.6 is 0 Å². The van der Waals surface area contributed by atoms with E-state index in [9.17, 15) is 26.4 Å². The number of H-pyrrole nitrogens is 1. The van der Waals surface area contributed by atoms with Crippen molar-refractivity contribution >= 4 is 53.9 Å². The molecule has 0 unspecified atom stereocenters. The summed E-state index contributed by atoms with van der Waals surface area (Å²) in [5.41, 5.74) is 3.89. The molecule has 3 N–H and O–H groups in total. The van der Waals surface area contributed by atoms with Crippen LogP contribution in [0.3, 0.4) is 0 Å². The second kappa shape index (κ2) is 10.6. The molecule has 0 aliphatic heterocycles. The maximum Gasteiger partial charge on any atom is 0.255 e. The highest BCUT2D eigenvalue weighted by atomic mass is 32.2. The zero-order valence-electron chi connectivity index (χ0n) is 21.9. The Kier molecular flexibility index (Phi) is 7.20. The van der Waals surface area contributed by atoms with E-state index in [1.165, 1.54) is 48.5 Å². The summed E-state index contributed by atoms with van der Waals surface area (Å²) in [7, 11) is -6.70. The van der Waals surface area contributed by atoms with E-state index in [1.54, 1.807) is 42.5 Å². The number of nitrogens with one attached hydrogen (secondary N) is 3. The Balaban J connectivity index is 1.27. The molecule has 0 saturated carbocycles. The molecule has 2 amide bonds. The van der Waals surface area contributed by atoms with Gasteiger partial charge in [0.2, 0.25) is 0 Å². The topological polar surface area (TPSA) is 155 Å². The smallest absolute Gasteiger partial charge is 0.255 e. The van der Waals surface area contributed by atoms with Gasteiger partial charge in [0.25, 0.3) is 11.8 Å². The van der Waals surface area contributed by atoms with Gasteiger partial charge in [-0.1, -0.05) is 0 Å². The van der Waals surface area contributed by atoms with Crippen molar-refractivity contribution in [2.24, 2.45) is 0 Å². The van der Waals surface area contributed by atoms with E-state index in [-0.39, 0.29) is 21.6 Å². The average Bonchev–Trinajstić information content (AvgIpc) is 3.36. The number of sulfone groups is 2. The van der Waals surface area contributed by atoms with Crippen LogP contribution in [-0.2, 0) is 19.7 Å². The Hall–Kier alpha value is -4.81. The summed E-state index contributed by atoms with van der Waals surface area (Å²) >= 11 is 0. The average molecular weight is 589 g/mol. The zero-order valence-corrected chi connectivity index (χ0v) is 23.5. The fourth-order valence-corrected chi connectivity index (χ4v) is 5.31. The lowest BCUT2D eigenvalue weighted by Crippen LogP contribution is -2.12. The van der Waals surface area contributed by atoms with Gasteiger partial charge in [0, 0.05) is 40.6 Å². The third-order valence-corrected chi connectivity index (χ3v) is 8.50. The van der Waals surface area contributed by atoms with Gasteiger partial charge in [0.05, 0.1) is 20.8 Å². The highest BCUT2D eigenvalue weighted by molar-refractivity contribution is 7.91. The van der Waals surface area contributed by atoms with Crippen LogP contribution in [0.5, 0.6) is 0 Å². The Morgan fingerprint density at radius 3 is 1.59 bits per heavy atom. The third-order valence-electron chi connectivity index (χ3n) is 6.25. The van der Waals surface area contributed by atoms with Gasteiger partial charge < -0.3 is 15.6 Å². The second-order valence-electron chi connectivity index (χ2n) is 9.40. The normalized spacial score (nSPS) is 11.8. The maximum atomic E-state index is 12.7. The van der Waals surface area contributed by atoms with Gasteiger partial charge in [0.15, 0.2) is 19.7 Å². The first kappa shape index (κ1) is 27.7. The van der Waals surface area contributed by atoms with Crippen LogP contribution in [-0.4, -0.2) is 51.1 Å². The molecule has 1 heterocycles. The van der Waals surface area contributed by atoms with Crippen LogP contribution < -0.4 is 10.6 Å². The minimum atomic E-state index is -3.35. The van der Waals surface area contributed by atoms with E-state index >= 15 is 0 Å². The largest absolute Gasteiger partial charge is 0.338 e. The lowest BCUT2D eigenvalue weighted by atomic mass is 10.1. The summed E-state index contributed by atoms with van der Waals surface area (Å²) in [5.74, 6) is -0.162. The lowest BCUT2D eigenvalue weighted by Gasteiger charge is -2.07. The Morgan fingerprint density at radius 1 is 0.634 bits per heavy atom. The number of aromatic nitrogens is 2. The number of carbonyl (C=O) groups is 2. The van der Waals surface area contributed by atoms with Crippen molar-refractivity contribution in [1.29, 1.82) is 0 Å². The summed E-state index contributed by atoms with van der Waals surface area (Å²) in [6.07, 6.45) is 2.21. The Labute approximate surface area is 236 Å². The molecule has 0 aliphatic rings. The van der Waals surface area contributed by atoms with Crippen LogP contribution in [0, 0.1) is 0 Å². The molecule has 0 bridgehead atoms. The number of benzene rings is 4. The van der Waals surface area contributed by atoms with Gasteiger partial charge in [-0.05, 0) is 91.0 Å². The van der Waals surface area contributed by atoms with E-state index in [0.29, 0.717) is 39.4 Å². The van der Waals surface area contributed by atoms with Crippen LogP contribution in [0.2, 0.25) is 0 Å². The molecule has 0 saturated heterocycles. The van der Waals surface area contributed by atoms with Crippen molar-refractivity contribution < 1.29 is 26.4 Å². The van der Waals surface area contributed by atoms with E-state index in [4.69, 9.17) is 0 Å². The van der Waals surface area contributed by atoms with Gasteiger partial charge >= 0.3 is 0 Å². The number of hydrogen-bond donors (Lipinski definition) is 3. The van der Waals surface area contributed by atoms with Gasteiger partial charge in [-0.2, -0.15) is 0 Å². The Morgan fingerprint density at radius 2 is 1.10 bits per heavy atom. The van der Waals surface area contributed by atoms with Crippen LogP contribution in [0.15, 0.2) is 101 Å². The van der Waals surface area contributed by atoms with Gasteiger partial charge in [0.1, 0.15) is 5.82 Å². The standard InChI is InChI=1S/C29H24N4O6S2/c1-40(36,37)23-12-5-19(6-13-23)28(34)30-21-9-3-18(4-10-21)27-32-25-16-11-22(17-26(25)33-27)31-29(35)20-7-14-24(15-8-20)41(2,38)39/h3-17H,1-2H3,(H,30,34)(H,31,35)(H,32,33). The molecular formula is C29H24N4O6S2. The van der Waals surface area contributed by atoms with E-state index in [0.717, 1.165) is 18.1 Å². The molecule has 5 aromatic rings. The van der Waals surface area contributed by atoms with E-state index < -0.39 is 19.7 Å².